The van der Waals surface area contributed by atoms with Crippen molar-refractivity contribution in [2.24, 2.45) is 13.0 Å². The van der Waals surface area contributed by atoms with Crippen LogP contribution in [0.5, 0.6) is 0 Å². The number of β-amino-alcohol motifs (C(OH)–C–C–N with tert-alkyl or cyclic N) is 1. The van der Waals surface area contributed by atoms with Crippen molar-refractivity contribution in [3.05, 3.63) is 45.8 Å². The second-order valence-electron chi connectivity index (χ2n) is 8.70. The zero-order chi connectivity index (χ0) is 24.2. The zero-order valence-electron chi connectivity index (χ0n) is 18.3. The number of nitrogens with zero attached hydrogens (tertiary/aromatic N) is 4. The average molecular weight is 533 g/mol. The van der Waals surface area contributed by atoms with Gasteiger partial charge in [0.25, 0.3) is 11.5 Å². The number of hydroxylamine groups is 2. The number of carbonyl (C=O) groups is 1. The lowest BCUT2D eigenvalue weighted by molar-refractivity contribution is -0.0796. The molecule has 178 valence electrons. The molecule has 1 atom stereocenters. The number of aliphatic hydroxyl groups is 1. The van der Waals surface area contributed by atoms with Crippen LogP contribution in [-0.4, -0.2) is 48.9 Å². The van der Waals surface area contributed by atoms with Gasteiger partial charge >= 0.3 is 5.69 Å². The van der Waals surface area contributed by atoms with Crippen molar-refractivity contribution in [1.29, 1.82) is 0 Å². The fourth-order valence-electron chi connectivity index (χ4n) is 3.69. The Labute approximate surface area is 206 Å². The molecule has 13 heteroatoms. The average Bonchev–Trinajstić information content (AvgIpc) is 3.37. The quantitative estimate of drug-likeness (QED) is 0.541. The summed E-state index contributed by atoms with van der Waals surface area (Å²) in [5.41, 5.74) is -2.10. The van der Waals surface area contributed by atoms with Gasteiger partial charge in [0.1, 0.15) is 22.2 Å². The molecule has 1 N–H and O–H groups in total. The fourth-order valence-corrected chi connectivity index (χ4v) is 6.48. The van der Waals surface area contributed by atoms with Gasteiger partial charge in [-0.2, -0.15) is 0 Å². The van der Waals surface area contributed by atoms with E-state index in [1.54, 1.807) is 6.92 Å². The van der Waals surface area contributed by atoms with Crippen LogP contribution in [0.1, 0.15) is 40.9 Å². The van der Waals surface area contributed by atoms with Gasteiger partial charge in [0.15, 0.2) is 4.47 Å². The Kier molecular flexibility index (Phi) is 6.49. The maximum atomic E-state index is 13.6. The topological polar surface area (TPSA) is 107 Å². The maximum Gasteiger partial charge on any atom is 0.331 e. The highest BCUT2D eigenvalue weighted by Crippen LogP contribution is 2.36. The van der Waals surface area contributed by atoms with E-state index in [1.165, 1.54) is 34.3 Å². The first-order valence-electron chi connectivity index (χ1n) is 10.1. The van der Waals surface area contributed by atoms with Gasteiger partial charge in [-0.05, 0) is 12.8 Å². The van der Waals surface area contributed by atoms with E-state index in [0.717, 1.165) is 9.63 Å². The number of thiophene rings is 1. The monoisotopic (exact) mass is 532 g/mol. The number of aromatic nitrogens is 3. The summed E-state index contributed by atoms with van der Waals surface area (Å²) < 4.78 is 2.79. The molecule has 0 aliphatic carbocycles. The molecule has 1 unspecified atom stereocenters. The maximum absolute atomic E-state index is 13.6. The summed E-state index contributed by atoms with van der Waals surface area (Å²) in [6.45, 7) is 5.75. The third-order valence-electron chi connectivity index (χ3n) is 5.19. The molecule has 33 heavy (non-hydrogen) atoms. The SMILES string of the molecule is CC(C)Cn1c(=O)n(C)c(=O)c2c(C(=O)N3CC(C)(O)CO3)c(Cc3sc(Cl)nc3Cl)sc21. The highest BCUT2D eigenvalue weighted by molar-refractivity contribution is 7.19. The van der Waals surface area contributed by atoms with Crippen molar-refractivity contribution in [2.75, 3.05) is 13.2 Å². The van der Waals surface area contributed by atoms with E-state index in [1.807, 2.05) is 13.8 Å². The number of halogens is 2. The summed E-state index contributed by atoms with van der Waals surface area (Å²) in [6, 6.07) is 0. The van der Waals surface area contributed by atoms with Crippen molar-refractivity contribution in [1.82, 2.24) is 19.2 Å². The molecule has 0 radical (unpaired) electrons. The molecule has 1 amide bonds. The lowest BCUT2D eigenvalue weighted by Gasteiger charge is -2.16. The lowest BCUT2D eigenvalue weighted by atomic mass is 10.1. The van der Waals surface area contributed by atoms with Crippen LogP contribution in [0.25, 0.3) is 10.2 Å². The fraction of sp³-hybridized carbons (Fsp3) is 0.500. The second-order valence-corrected chi connectivity index (χ2v) is 11.8. The van der Waals surface area contributed by atoms with Gasteiger partial charge in [-0.1, -0.05) is 37.0 Å². The van der Waals surface area contributed by atoms with Gasteiger partial charge < -0.3 is 5.11 Å². The third-order valence-corrected chi connectivity index (χ3v) is 7.99. The summed E-state index contributed by atoms with van der Waals surface area (Å²) in [6.07, 6.45) is 0.201. The van der Waals surface area contributed by atoms with Gasteiger partial charge in [0.05, 0.1) is 22.4 Å². The van der Waals surface area contributed by atoms with Gasteiger partial charge in [-0.15, -0.1) is 22.7 Å². The van der Waals surface area contributed by atoms with Crippen molar-refractivity contribution < 1.29 is 14.7 Å². The highest BCUT2D eigenvalue weighted by Gasteiger charge is 2.39. The highest BCUT2D eigenvalue weighted by atomic mass is 35.5. The van der Waals surface area contributed by atoms with E-state index in [0.29, 0.717) is 21.1 Å². The molecule has 0 spiro atoms. The summed E-state index contributed by atoms with van der Waals surface area (Å²) in [5, 5.41) is 11.7. The predicted octanol–water partition coefficient (Wildman–Crippen LogP) is 2.91. The molecular formula is C20H22Cl2N4O5S2. The standard InChI is InChI=1S/C20H22Cl2N4O5S2/c1-9(2)6-25-17-13(15(27)24(4)19(25)29)12(16(28)26-7-20(3,30)8-31-26)10(32-17)5-11-14(21)23-18(22)33-11/h9,30H,5-8H2,1-4H3. The van der Waals surface area contributed by atoms with Gasteiger partial charge in [0.2, 0.25) is 0 Å². The molecule has 3 aromatic rings. The molecule has 9 nitrogen and oxygen atoms in total. The number of carbonyl (C=O) groups excluding carboxylic acids is 1. The zero-order valence-corrected chi connectivity index (χ0v) is 21.5. The molecule has 3 aromatic heterocycles. The van der Waals surface area contributed by atoms with Crippen molar-refractivity contribution in [3.8, 4) is 0 Å². The lowest BCUT2D eigenvalue weighted by Crippen LogP contribution is -2.39. The van der Waals surface area contributed by atoms with Crippen LogP contribution in [0.4, 0.5) is 0 Å². The first kappa shape index (κ1) is 24.4. The van der Waals surface area contributed by atoms with Crippen molar-refractivity contribution in [3.63, 3.8) is 0 Å². The molecule has 4 heterocycles. The molecule has 0 aromatic carbocycles. The first-order valence-corrected chi connectivity index (χ1v) is 12.5. The van der Waals surface area contributed by atoms with Crippen LogP contribution in [0, 0.1) is 5.92 Å². The molecule has 0 saturated carbocycles. The van der Waals surface area contributed by atoms with Crippen LogP contribution >= 0.6 is 45.9 Å². The van der Waals surface area contributed by atoms with Crippen LogP contribution < -0.4 is 11.2 Å². The number of amides is 1. The van der Waals surface area contributed by atoms with Crippen LogP contribution in [0.2, 0.25) is 9.62 Å². The Morgan fingerprint density at radius 1 is 1.27 bits per heavy atom. The molecule has 1 fully saturated rings. The Morgan fingerprint density at radius 3 is 2.52 bits per heavy atom. The van der Waals surface area contributed by atoms with Crippen molar-refractivity contribution >= 4 is 62.0 Å². The van der Waals surface area contributed by atoms with Crippen LogP contribution in [0.15, 0.2) is 9.59 Å². The summed E-state index contributed by atoms with van der Waals surface area (Å²) in [7, 11) is 1.39. The minimum absolute atomic E-state index is 0.0531. The number of thiazole rings is 1. The summed E-state index contributed by atoms with van der Waals surface area (Å²) >= 11 is 14.6. The van der Waals surface area contributed by atoms with Gasteiger partial charge in [-0.25, -0.2) is 14.8 Å². The number of hydrogen-bond acceptors (Lipinski definition) is 8. The smallest absolute Gasteiger partial charge is 0.331 e. The van der Waals surface area contributed by atoms with E-state index in [9.17, 15) is 19.5 Å². The molecule has 0 bridgehead atoms. The Bertz CT molecular complexity index is 1370. The minimum Gasteiger partial charge on any atom is -0.386 e. The molecular weight excluding hydrogens is 511 g/mol. The normalized spacial score (nSPS) is 18.7. The Hall–Kier alpha value is -1.76. The number of fused-ring (bicyclic) bond motifs is 1. The first-order chi connectivity index (χ1) is 15.4. The molecule has 1 aliphatic heterocycles. The second kappa shape index (κ2) is 8.79. The molecule has 1 saturated heterocycles. The Morgan fingerprint density at radius 2 is 1.97 bits per heavy atom. The predicted molar refractivity (Wildman–Crippen MR) is 129 cm³/mol. The van der Waals surface area contributed by atoms with Crippen molar-refractivity contribution in [2.45, 2.75) is 39.3 Å². The van der Waals surface area contributed by atoms with E-state index in [-0.39, 0.29) is 46.1 Å². The van der Waals surface area contributed by atoms with E-state index >= 15 is 0 Å². The molecule has 4 rings (SSSR count). The molecule has 1 aliphatic rings. The van der Waals surface area contributed by atoms with E-state index < -0.39 is 22.8 Å². The largest absolute Gasteiger partial charge is 0.386 e. The summed E-state index contributed by atoms with van der Waals surface area (Å²) in [5.74, 6) is -0.438. The number of rotatable bonds is 5. The third kappa shape index (κ3) is 4.50. The van der Waals surface area contributed by atoms with Gasteiger partial charge in [0, 0.05) is 24.9 Å². The minimum atomic E-state index is -1.21. The van der Waals surface area contributed by atoms with Gasteiger partial charge in [-0.3, -0.25) is 23.6 Å². The van der Waals surface area contributed by atoms with E-state index in [2.05, 4.69) is 4.98 Å². The summed E-state index contributed by atoms with van der Waals surface area (Å²) in [4.78, 5) is 50.8. The van der Waals surface area contributed by atoms with Crippen LogP contribution in [-0.2, 0) is 24.9 Å². The van der Waals surface area contributed by atoms with E-state index in [4.69, 9.17) is 28.0 Å². The number of hydrogen-bond donors (Lipinski definition) is 1. The van der Waals surface area contributed by atoms with Crippen LogP contribution in [0.3, 0.4) is 0 Å². The Balaban J connectivity index is 1.98.